The molecule has 2 N–H and O–H groups in total. The summed E-state index contributed by atoms with van der Waals surface area (Å²) in [4.78, 5) is 18.5. The van der Waals surface area contributed by atoms with E-state index in [9.17, 15) is 4.79 Å². The molecule has 156 valence electrons. The lowest BCUT2D eigenvalue weighted by Gasteiger charge is -2.15. The fraction of sp³-hybridized carbons (Fsp3) is 0.300. The molecule has 1 aromatic carbocycles. The van der Waals surface area contributed by atoms with E-state index in [0.29, 0.717) is 23.3 Å². The minimum atomic E-state index is -0.716. The smallest absolute Gasteiger partial charge is 0.316 e. The number of alkyl halides is 1. The summed E-state index contributed by atoms with van der Waals surface area (Å²) in [6.45, 7) is 6.41. The van der Waals surface area contributed by atoms with E-state index >= 15 is 0 Å². The van der Waals surface area contributed by atoms with Crippen LogP contribution in [0, 0.1) is 20.8 Å². The topological polar surface area (TPSA) is 84.2 Å². The van der Waals surface area contributed by atoms with Gasteiger partial charge in [-0.25, -0.2) is 4.79 Å². The van der Waals surface area contributed by atoms with Gasteiger partial charge >= 0.3 is 6.03 Å². The number of aliphatic imine (C=N–C) groups is 1. The van der Waals surface area contributed by atoms with E-state index in [0.717, 1.165) is 33.2 Å². The van der Waals surface area contributed by atoms with Gasteiger partial charge in [-0.2, -0.15) is 0 Å². The minimum absolute atomic E-state index is 0.322. The second-order valence-corrected chi connectivity index (χ2v) is 8.90. The van der Waals surface area contributed by atoms with Gasteiger partial charge in [0.25, 0.3) is 0 Å². The number of amides is 2. The number of aromatic nitrogens is 3. The van der Waals surface area contributed by atoms with E-state index in [1.54, 1.807) is 11.3 Å². The lowest BCUT2D eigenvalue weighted by atomic mass is 10.00. The van der Waals surface area contributed by atoms with E-state index in [-0.39, 0.29) is 6.03 Å². The zero-order valence-electron chi connectivity index (χ0n) is 16.7. The van der Waals surface area contributed by atoms with Crippen molar-refractivity contribution >= 4 is 46.3 Å². The maximum absolute atomic E-state index is 12.4. The van der Waals surface area contributed by atoms with Crippen molar-refractivity contribution in [3.63, 3.8) is 0 Å². The van der Waals surface area contributed by atoms with E-state index in [2.05, 4.69) is 34.7 Å². The number of fused-ring (bicyclic) bond motifs is 3. The molecule has 7 nitrogen and oxygen atoms in total. The largest absolute Gasteiger partial charge is 0.337 e. The molecule has 0 saturated carbocycles. The highest BCUT2D eigenvalue weighted by Crippen LogP contribution is 2.38. The highest BCUT2D eigenvalue weighted by atomic mass is 35.5. The quantitative estimate of drug-likeness (QED) is 0.566. The molecule has 2 amide bonds. The third kappa shape index (κ3) is 3.71. The van der Waals surface area contributed by atoms with Crippen LogP contribution in [0.2, 0.25) is 5.02 Å². The van der Waals surface area contributed by atoms with Gasteiger partial charge in [0, 0.05) is 33.5 Å². The van der Waals surface area contributed by atoms with Crippen LogP contribution in [0.4, 0.5) is 4.79 Å². The maximum atomic E-state index is 12.4. The van der Waals surface area contributed by atoms with E-state index in [4.69, 9.17) is 28.2 Å². The van der Waals surface area contributed by atoms with Crippen molar-refractivity contribution < 1.29 is 4.79 Å². The Morgan fingerprint density at radius 3 is 2.63 bits per heavy atom. The highest BCUT2D eigenvalue weighted by molar-refractivity contribution is 7.15. The normalized spacial score (nSPS) is 15.1. The highest BCUT2D eigenvalue weighted by Gasteiger charge is 2.32. The summed E-state index contributed by atoms with van der Waals surface area (Å²) in [7, 11) is 0. The number of aryl methyl sites for hydroxylation is 2. The number of benzene rings is 1. The monoisotopic (exact) mass is 462 g/mol. The van der Waals surface area contributed by atoms with Crippen LogP contribution in [0.1, 0.15) is 39.4 Å². The fourth-order valence-electron chi connectivity index (χ4n) is 3.36. The predicted octanol–water partition coefficient (Wildman–Crippen LogP) is 4.30. The fourth-order valence-corrected chi connectivity index (χ4v) is 4.80. The van der Waals surface area contributed by atoms with Crippen LogP contribution < -0.4 is 10.6 Å². The molecule has 0 spiro atoms. The van der Waals surface area contributed by atoms with Crippen molar-refractivity contribution in [2.24, 2.45) is 4.99 Å². The molecule has 1 aliphatic rings. The molecule has 0 saturated heterocycles. The van der Waals surface area contributed by atoms with Crippen molar-refractivity contribution in [2.45, 2.75) is 26.9 Å². The number of halogens is 2. The Bertz CT molecular complexity index is 1140. The van der Waals surface area contributed by atoms with Gasteiger partial charge in [0.05, 0.1) is 5.71 Å². The number of rotatable bonds is 4. The second kappa shape index (κ2) is 8.37. The van der Waals surface area contributed by atoms with E-state index < -0.39 is 6.17 Å². The van der Waals surface area contributed by atoms with Crippen molar-refractivity contribution in [2.75, 3.05) is 12.4 Å². The molecular formula is C20H20Cl2N6OS. The van der Waals surface area contributed by atoms with Crippen LogP contribution in [0.15, 0.2) is 29.3 Å². The molecule has 1 aliphatic heterocycles. The number of hydrogen-bond acceptors (Lipinski definition) is 5. The van der Waals surface area contributed by atoms with E-state index in [1.807, 2.05) is 35.8 Å². The average molecular weight is 463 g/mol. The number of thiophene rings is 1. The first-order valence-corrected chi connectivity index (χ1v) is 11.1. The molecule has 0 radical (unpaired) electrons. The molecule has 30 heavy (non-hydrogen) atoms. The average Bonchev–Trinajstić information content (AvgIpc) is 3.19. The van der Waals surface area contributed by atoms with Crippen LogP contribution in [0.3, 0.4) is 0 Å². The zero-order chi connectivity index (χ0) is 21.4. The summed E-state index contributed by atoms with van der Waals surface area (Å²) >= 11 is 13.5. The summed E-state index contributed by atoms with van der Waals surface area (Å²) in [5.41, 5.74) is 3.83. The Balaban J connectivity index is 1.91. The Labute approximate surface area is 188 Å². The van der Waals surface area contributed by atoms with Gasteiger partial charge in [0.1, 0.15) is 10.8 Å². The van der Waals surface area contributed by atoms with Gasteiger partial charge in [-0.05, 0) is 38.5 Å². The van der Waals surface area contributed by atoms with Crippen LogP contribution in [0.5, 0.6) is 0 Å². The maximum Gasteiger partial charge on any atom is 0.316 e. The third-order valence-corrected chi connectivity index (χ3v) is 6.56. The summed E-state index contributed by atoms with van der Waals surface area (Å²) < 4.78 is 1.97. The summed E-state index contributed by atoms with van der Waals surface area (Å²) in [6.07, 6.45) is -0.716. The van der Waals surface area contributed by atoms with Gasteiger partial charge in [-0.3, -0.25) is 9.56 Å². The zero-order valence-corrected chi connectivity index (χ0v) is 19.0. The Morgan fingerprint density at radius 1 is 1.20 bits per heavy atom. The lowest BCUT2D eigenvalue weighted by molar-refractivity contribution is 0.237. The summed E-state index contributed by atoms with van der Waals surface area (Å²) in [6, 6.07) is 7.16. The van der Waals surface area contributed by atoms with Gasteiger partial charge in [-0.15, -0.1) is 33.1 Å². The first-order valence-electron chi connectivity index (χ1n) is 9.37. The molecular weight excluding hydrogens is 443 g/mol. The minimum Gasteiger partial charge on any atom is -0.337 e. The van der Waals surface area contributed by atoms with Crippen molar-refractivity contribution in [3.05, 3.63) is 62.5 Å². The van der Waals surface area contributed by atoms with Crippen molar-refractivity contribution in [3.8, 4) is 5.00 Å². The van der Waals surface area contributed by atoms with Gasteiger partial charge in [-0.1, -0.05) is 23.7 Å². The molecule has 2 aromatic heterocycles. The van der Waals surface area contributed by atoms with Crippen LogP contribution >= 0.6 is 34.5 Å². The molecule has 3 aromatic rings. The molecule has 1 atom stereocenters. The first-order chi connectivity index (χ1) is 14.4. The summed E-state index contributed by atoms with van der Waals surface area (Å²) in [5.74, 6) is 1.61. The number of carbonyl (C=O) groups is 1. The van der Waals surface area contributed by atoms with Gasteiger partial charge in [0.15, 0.2) is 12.0 Å². The van der Waals surface area contributed by atoms with Gasteiger partial charge < -0.3 is 10.6 Å². The Morgan fingerprint density at radius 2 is 1.93 bits per heavy atom. The SMILES string of the molecule is Cc1sc2c(c1C)C(c1ccc(Cl)cc1)=NC(NC(=O)NCCCl)c1nnc(C)n1-2. The molecule has 0 bridgehead atoms. The van der Waals surface area contributed by atoms with Gasteiger partial charge in [0.2, 0.25) is 0 Å². The lowest BCUT2D eigenvalue weighted by Crippen LogP contribution is -2.39. The molecule has 0 fully saturated rings. The molecule has 1 unspecified atom stereocenters. The predicted molar refractivity (Wildman–Crippen MR) is 121 cm³/mol. The molecule has 4 rings (SSSR count). The van der Waals surface area contributed by atoms with Crippen molar-refractivity contribution in [1.29, 1.82) is 0 Å². The van der Waals surface area contributed by atoms with E-state index in [1.165, 1.54) is 4.88 Å². The molecule has 3 heterocycles. The van der Waals surface area contributed by atoms with Crippen LogP contribution in [-0.2, 0) is 0 Å². The number of hydrogen-bond donors (Lipinski definition) is 2. The molecule has 10 heteroatoms. The number of nitrogens with zero attached hydrogens (tertiary/aromatic N) is 4. The molecule has 0 aliphatic carbocycles. The Kier molecular flexibility index (Phi) is 5.81. The number of nitrogens with one attached hydrogen (secondary N) is 2. The van der Waals surface area contributed by atoms with Crippen LogP contribution in [-0.4, -0.2) is 38.9 Å². The number of urea groups is 1. The van der Waals surface area contributed by atoms with Crippen molar-refractivity contribution in [1.82, 2.24) is 25.4 Å². The Hall–Kier alpha value is -2.42. The number of carbonyl (C=O) groups excluding carboxylic acids is 1. The third-order valence-electron chi connectivity index (χ3n) is 4.92. The second-order valence-electron chi connectivity index (χ2n) is 6.88. The standard InChI is InChI=1S/C20H20Cl2N6OS/c1-10-11(2)30-19-15(10)16(13-4-6-14(22)7-5-13)24-17(25-20(29)23-9-8-21)18-27-26-12(3)28(18)19/h4-7,17H,8-9H2,1-3H3,(H2,23,25,29). The first kappa shape index (κ1) is 20.8. The van der Waals surface area contributed by atoms with Crippen LogP contribution in [0.25, 0.3) is 5.00 Å². The summed E-state index contributed by atoms with van der Waals surface area (Å²) in [5, 5.41) is 15.8.